The quantitative estimate of drug-likeness (QED) is 0.719. The minimum absolute atomic E-state index is 0.412. The molecule has 0 spiro atoms. The molecule has 1 fully saturated rings. The number of hydrogen-bond donors (Lipinski definition) is 3. The summed E-state index contributed by atoms with van der Waals surface area (Å²) in [5.41, 5.74) is 7.24. The Bertz CT molecular complexity index is 930. The molecule has 6 nitrogen and oxygen atoms in total. The third-order valence-corrected chi connectivity index (χ3v) is 6.93. The van der Waals surface area contributed by atoms with Gasteiger partial charge < -0.3 is 16.0 Å². The fourth-order valence-electron chi connectivity index (χ4n) is 4.38. The van der Waals surface area contributed by atoms with Crippen LogP contribution >= 0.6 is 11.8 Å². The lowest BCUT2D eigenvalue weighted by Gasteiger charge is -2.29. The number of aromatic nitrogens is 2. The van der Waals surface area contributed by atoms with Crippen LogP contribution in [0.1, 0.15) is 28.8 Å². The molecule has 1 saturated heterocycles. The second kappa shape index (κ2) is 7.97. The maximum atomic E-state index is 4.93. The fraction of sp³-hybridized carbons (Fsp3) is 0.455. The lowest BCUT2D eigenvalue weighted by atomic mass is 10.0. The highest BCUT2D eigenvalue weighted by atomic mass is 32.2. The number of thioether (sulfide) groups is 1. The van der Waals surface area contributed by atoms with Crippen LogP contribution in [0.15, 0.2) is 30.1 Å². The summed E-state index contributed by atoms with van der Waals surface area (Å²) in [6, 6.07) is 6.45. The lowest BCUT2D eigenvalue weighted by Crippen LogP contribution is -2.47. The summed E-state index contributed by atoms with van der Waals surface area (Å²) in [7, 11) is 0. The van der Waals surface area contributed by atoms with E-state index in [0.29, 0.717) is 11.3 Å². The molecule has 0 amide bonds. The van der Waals surface area contributed by atoms with Crippen molar-refractivity contribution in [3.05, 3.63) is 52.5 Å². The number of rotatable bonds is 4. The van der Waals surface area contributed by atoms with E-state index in [0.717, 1.165) is 56.9 Å². The van der Waals surface area contributed by atoms with Gasteiger partial charge in [0.05, 0.1) is 16.0 Å². The Morgan fingerprint density at radius 1 is 1.14 bits per heavy atom. The number of aryl methyl sites for hydroxylation is 3. The minimum Gasteiger partial charge on any atom is -0.374 e. The van der Waals surface area contributed by atoms with Crippen LogP contribution in [-0.4, -0.2) is 53.0 Å². The van der Waals surface area contributed by atoms with Crippen molar-refractivity contribution in [2.75, 3.05) is 38.0 Å². The molecule has 2 aliphatic heterocycles. The predicted molar refractivity (Wildman–Crippen MR) is 120 cm³/mol. The average Bonchev–Trinajstić information content (AvgIpc) is 3.11. The molecule has 1 unspecified atom stereocenters. The lowest BCUT2D eigenvalue weighted by molar-refractivity contribution is 0.238. The van der Waals surface area contributed by atoms with Gasteiger partial charge in [-0.3, -0.25) is 4.90 Å². The monoisotopic (exact) mass is 408 g/mol. The number of hydrogen-bond acceptors (Lipinski definition) is 7. The van der Waals surface area contributed by atoms with Gasteiger partial charge in [-0.1, -0.05) is 17.8 Å². The third kappa shape index (κ3) is 4.13. The van der Waals surface area contributed by atoms with Crippen LogP contribution in [0.2, 0.25) is 0 Å². The Balaban J connectivity index is 1.34. The van der Waals surface area contributed by atoms with Gasteiger partial charge in [-0.2, -0.15) is 0 Å². The number of allylic oxidation sites excluding steroid dienone is 1. The van der Waals surface area contributed by atoms with Crippen LogP contribution in [0, 0.1) is 13.8 Å². The number of fused-ring (bicyclic) bond motifs is 2. The Morgan fingerprint density at radius 3 is 2.72 bits per heavy atom. The summed E-state index contributed by atoms with van der Waals surface area (Å²) in [6.45, 7) is 9.75. The van der Waals surface area contributed by atoms with E-state index in [9.17, 15) is 0 Å². The first kappa shape index (κ1) is 18.9. The first-order valence-electron chi connectivity index (χ1n) is 10.4. The molecular weight excluding hydrogens is 380 g/mol. The summed E-state index contributed by atoms with van der Waals surface area (Å²) in [5, 5.41) is 11.0. The smallest absolute Gasteiger partial charge is 0.227 e. The number of anilines is 2. The first-order valence-corrected chi connectivity index (χ1v) is 11.3. The maximum absolute atomic E-state index is 4.93. The second-order valence-electron chi connectivity index (χ2n) is 8.18. The summed E-state index contributed by atoms with van der Waals surface area (Å²) in [5.74, 6) is 0.675. The summed E-state index contributed by atoms with van der Waals surface area (Å²) < 4.78 is 0. The zero-order valence-electron chi connectivity index (χ0n) is 17.1. The SMILES string of the molecule is Cc1cc(C)cc(Nc2ncc3c(n2)C2=C(CC3)NC(CN3CCNCC3)S2)c1. The highest BCUT2D eigenvalue weighted by molar-refractivity contribution is 8.09. The molecule has 3 heterocycles. The van der Waals surface area contributed by atoms with E-state index in [-0.39, 0.29) is 0 Å². The molecule has 1 aromatic heterocycles. The van der Waals surface area contributed by atoms with Gasteiger partial charge in [-0.25, -0.2) is 9.97 Å². The Morgan fingerprint density at radius 2 is 1.93 bits per heavy atom. The van der Waals surface area contributed by atoms with E-state index in [1.165, 1.54) is 27.3 Å². The topological polar surface area (TPSA) is 65.1 Å². The van der Waals surface area contributed by atoms with Gasteiger partial charge in [-0.05, 0) is 55.5 Å². The normalized spacial score (nSPS) is 21.5. The summed E-state index contributed by atoms with van der Waals surface area (Å²) >= 11 is 1.94. The van der Waals surface area contributed by atoms with Gasteiger partial charge in [0.25, 0.3) is 0 Å². The van der Waals surface area contributed by atoms with Crippen molar-refractivity contribution in [2.24, 2.45) is 0 Å². The Kier molecular flexibility index (Phi) is 5.20. The van der Waals surface area contributed by atoms with Crippen molar-refractivity contribution >= 4 is 28.3 Å². The highest BCUT2D eigenvalue weighted by Crippen LogP contribution is 2.43. The fourth-order valence-corrected chi connectivity index (χ4v) is 5.74. The van der Waals surface area contributed by atoms with Gasteiger partial charge in [0.15, 0.2) is 0 Å². The zero-order valence-corrected chi connectivity index (χ0v) is 17.9. The molecule has 1 aromatic carbocycles. The van der Waals surface area contributed by atoms with E-state index in [4.69, 9.17) is 4.98 Å². The molecule has 29 heavy (non-hydrogen) atoms. The molecule has 3 aliphatic rings. The number of piperazine rings is 1. The minimum atomic E-state index is 0.412. The van der Waals surface area contributed by atoms with Gasteiger partial charge in [0.1, 0.15) is 0 Å². The Hall–Kier alpha value is -2.09. The molecule has 152 valence electrons. The molecule has 0 saturated carbocycles. The number of nitrogens with one attached hydrogen (secondary N) is 3. The van der Waals surface area contributed by atoms with Crippen molar-refractivity contribution < 1.29 is 0 Å². The van der Waals surface area contributed by atoms with Gasteiger partial charge in [0.2, 0.25) is 5.95 Å². The van der Waals surface area contributed by atoms with Crippen LogP contribution in [0.4, 0.5) is 11.6 Å². The maximum Gasteiger partial charge on any atom is 0.227 e. The van der Waals surface area contributed by atoms with E-state index < -0.39 is 0 Å². The molecule has 2 aromatic rings. The average molecular weight is 409 g/mol. The van der Waals surface area contributed by atoms with Crippen LogP contribution in [-0.2, 0) is 6.42 Å². The molecule has 3 N–H and O–H groups in total. The van der Waals surface area contributed by atoms with Gasteiger partial charge >= 0.3 is 0 Å². The zero-order chi connectivity index (χ0) is 19.8. The van der Waals surface area contributed by atoms with Crippen LogP contribution in [0.3, 0.4) is 0 Å². The van der Waals surface area contributed by atoms with E-state index in [1.54, 1.807) is 0 Å². The number of benzene rings is 1. The summed E-state index contributed by atoms with van der Waals surface area (Å²) in [6.07, 6.45) is 4.06. The van der Waals surface area contributed by atoms with Gasteiger partial charge in [0, 0.05) is 50.3 Å². The number of nitrogens with zero attached hydrogens (tertiary/aromatic N) is 3. The van der Waals surface area contributed by atoms with Crippen LogP contribution in [0.5, 0.6) is 0 Å². The second-order valence-corrected chi connectivity index (χ2v) is 9.39. The molecule has 0 radical (unpaired) electrons. The van der Waals surface area contributed by atoms with Crippen molar-refractivity contribution in [3.63, 3.8) is 0 Å². The van der Waals surface area contributed by atoms with E-state index >= 15 is 0 Å². The van der Waals surface area contributed by atoms with Crippen LogP contribution < -0.4 is 16.0 Å². The predicted octanol–water partition coefficient (Wildman–Crippen LogP) is 3.02. The Labute approximate surface area is 176 Å². The first-order chi connectivity index (χ1) is 14.1. The van der Waals surface area contributed by atoms with E-state index in [2.05, 4.69) is 57.9 Å². The molecule has 1 atom stereocenters. The van der Waals surface area contributed by atoms with Crippen LogP contribution in [0.25, 0.3) is 4.91 Å². The molecule has 7 heteroatoms. The van der Waals surface area contributed by atoms with Crippen molar-refractivity contribution in [3.8, 4) is 0 Å². The van der Waals surface area contributed by atoms with Gasteiger partial charge in [-0.15, -0.1) is 0 Å². The van der Waals surface area contributed by atoms with Crippen molar-refractivity contribution in [1.29, 1.82) is 0 Å². The summed E-state index contributed by atoms with van der Waals surface area (Å²) in [4.78, 5) is 13.4. The molecule has 5 rings (SSSR count). The van der Waals surface area contributed by atoms with Crippen molar-refractivity contribution in [2.45, 2.75) is 32.1 Å². The molecular formula is C22H28N6S. The molecule has 1 aliphatic carbocycles. The third-order valence-electron chi connectivity index (χ3n) is 5.70. The largest absolute Gasteiger partial charge is 0.374 e. The standard InChI is InChI=1S/C22H28N6S/c1-14-9-15(2)11-17(10-14)25-22-24-12-16-3-4-18-21(20(16)27-22)29-19(26-18)13-28-7-5-23-6-8-28/h9-12,19,23,26H,3-8,13H2,1-2H3,(H,24,25,27). The molecule has 0 bridgehead atoms. The van der Waals surface area contributed by atoms with Crippen molar-refractivity contribution in [1.82, 2.24) is 25.5 Å². The highest BCUT2D eigenvalue weighted by Gasteiger charge is 2.32. The van der Waals surface area contributed by atoms with E-state index in [1.807, 2.05) is 18.0 Å².